The zero-order valence-electron chi connectivity index (χ0n) is 23.5. The van der Waals surface area contributed by atoms with Crippen molar-refractivity contribution in [2.75, 3.05) is 19.6 Å². The van der Waals surface area contributed by atoms with Crippen LogP contribution < -0.4 is 5.43 Å². The highest BCUT2D eigenvalue weighted by atomic mass is 35.5. The van der Waals surface area contributed by atoms with Crippen molar-refractivity contribution in [1.29, 1.82) is 0 Å². The van der Waals surface area contributed by atoms with E-state index >= 15 is 0 Å². The highest BCUT2D eigenvalue weighted by Gasteiger charge is 2.43. The molecule has 224 valence electrons. The maximum Gasteiger partial charge on any atom is 0.259 e. The van der Waals surface area contributed by atoms with Gasteiger partial charge in [-0.25, -0.2) is 22.3 Å². The number of aromatic nitrogens is 1. The van der Waals surface area contributed by atoms with Gasteiger partial charge in [0.15, 0.2) is 0 Å². The summed E-state index contributed by atoms with van der Waals surface area (Å²) in [5.74, 6) is -0.754. The van der Waals surface area contributed by atoms with Gasteiger partial charge in [-0.3, -0.25) is 4.79 Å². The van der Waals surface area contributed by atoms with E-state index in [2.05, 4.69) is 10.5 Å². The number of hydrazone groups is 1. The summed E-state index contributed by atoms with van der Waals surface area (Å²) in [6, 6.07) is 23.5. The minimum Gasteiger partial charge on any atom is -0.318 e. The van der Waals surface area contributed by atoms with Gasteiger partial charge in [-0.1, -0.05) is 48.0 Å². The number of amides is 1. The molecular formula is C30H30ClN5O5S2. The molecule has 2 heterocycles. The molecule has 13 heteroatoms. The Hall–Kier alpha value is -3.81. The van der Waals surface area contributed by atoms with E-state index in [-0.39, 0.29) is 29.4 Å². The van der Waals surface area contributed by atoms with Crippen molar-refractivity contribution in [3.05, 3.63) is 113 Å². The first-order chi connectivity index (χ1) is 20.5. The van der Waals surface area contributed by atoms with Crippen molar-refractivity contribution < 1.29 is 21.6 Å². The van der Waals surface area contributed by atoms with Gasteiger partial charge in [-0.15, -0.1) is 0 Å². The molecule has 10 nitrogen and oxygen atoms in total. The normalized spacial score (nSPS) is 16.9. The maximum atomic E-state index is 13.6. The highest BCUT2D eigenvalue weighted by molar-refractivity contribution is 7.89. The lowest BCUT2D eigenvalue weighted by Crippen LogP contribution is -2.60. The molecule has 3 aromatic carbocycles. The largest absolute Gasteiger partial charge is 0.318 e. The lowest BCUT2D eigenvalue weighted by molar-refractivity contribution is -0.125. The van der Waals surface area contributed by atoms with Crippen LogP contribution in [0.15, 0.2) is 106 Å². The molecule has 1 saturated heterocycles. The molecule has 1 aromatic heterocycles. The van der Waals surface area contributed by atoms with Crippen LogP contribution in [0.2, 0.25) is 5.02 Å². The SMILES string of the molecule is Cc1cc(/C=N\NC(=O)[C@@H]2CN(S(=O)(=O)c3ccccc3)CCN2S(=O)(=O)c2ccccc2)c(C)n1-c1ccc(Cl)cc1. The Balaban J connectivity index is 1.41. The van der Waals surface area contributed by atoms with E-state index in [9.17, 15) is 21.6 Å². The molecule has 1 aliphatic heterocycles. The van der Waals surface area contributed by atoms with Gasteiger partial charge < -0.3 is 4.57 Å². The Labute approximate surface area is 256 Å². The molecule has 0 saturated carbocycles. The van der Waals surface area contributed by atoms with E-state index in [0.717, 1.165) is 31.2 Å². The average molecular weight is 640 g/mol. The van der Waals surface area contributed by atoms with E-state index in [1.807, 2.05) is 36.6 Å². The van der Waals surface area contributed by atoms with Crippen molar-refractivity contribution in [1.82, 2.24) is 18.6 Å². The summed E-state index contributed by atoms with van der Waals surface area (Å²) in [5, 5.41) is 4.75. The number of carbonyl (C=O) groups is 1. The lowest BCUT2D eigenvalue weighted by Gasteiger charge is -2.38. The van der Waals surface area contributed by atoms with Crippen LogP contribution in [0.25, 0.3) is 5.69 Å². The average Bonchev–Trinajstić information content (AvgIpc) is 3.30. The van der Waals surface area contributed by atoms with Crippen LogP contribution in [0.1, 0.15) is 17.0 Å². The molecule has 0 unspecified atom stereocenters. The number of nitrogens with zero attached hydrogens (tertiary/aromatic N) is 4. The van der Waals surface area contributed by atoms with Crippen LogP contribution in [-0.4, -0.2) is 67.8 Å². The number of hydrogen-bond donors (Lipinski definition) is 1. The molecule has 1 atom stereocenters. The summed E-state index contributed by atoms with van der Waals surface area (Å²) in [4.78, 5) is 13.6. The van der Waals surface area contributed by atoms with E-state index in [1.165, 1.54) is 30.5 Å². The van der Waals surface area contributed by atoms with Gasteiger partial charge in [0.2, 0.25) is 20.0 Å². The van der Waals surface area contributed by atoms with E-state index in [4.69, 9.17) is 11.6 Å². The number of carbonyl (C=O) groups excluding carboxylic acids is 1. The molecule has 1 amide bonds. The second-order valence-corrected chi connectivity index (χ2v) is 14.3. The molecular weight excluding hydrogens is 610 g/mol. The first kappa shape index (κ1) is 30.6. The summed E-state index contributed by atoms with van der Waals surface area (Å²) in [6.45, 7) is 3.14. The molecule has 5 rings (SSSR count). The molecule has 1 fully saturated rings. The third-order valence-corrected chi connectivity index (χ3v) is 11.3. The predicted molar refractivity (Wildman–Crippen MR) is 165 cm³/mol. The van der Waals surface area contributed by atoms with E-state index in [1.54, 1.807) is 48.5 Å². The van der Waals surface area contributed by atoms with Gasteiger partial charge in [0, 0.05) is 47.3 Å². The Kier molecular flexibility index (Phi) is 8.86. The first-order valence-electron chi connectivity index (χ1n) is 13.4. The second-order valence-electron chi connectivity index (χ2n) is 9.99. The van der Waals surface area contributed by atoms with Crippen molar-refractivity contribution in [3.8, 4) is 5.69 Å². The highest BCUT2D eigenvalue weighted by Crippen LogP contribution is 2.26. The first-order valence-corrected chi connectivity index (χ1v) is 16.7. The summed E-state index contributed by atoms with van der Waals surface area (Å²) >= 11 is 6.04. The summed E-state index contributed by atoms with van der Waals surface area (Å²) in [6.07, 6.45) is 1.48. The number of nitrogens with one attached hydrogen (secondary N) is 1. The van der Waals surface area contributed by atoms with Crippen molar-refractivity contribution in [2.24, 2.45) is 5.10 Å². The van der Waals surface area contributed by atoms with Crippen molar-refractivity contribution in [3.63, 3.8) is 0 Å². The van der Waals surface area contributed by atoms with Gasteiger partial charge in [0.05, 0.1) is 16.0 Å². The van der Waals surface area contributed by atoms with Crippen molar-refractivity contribution >= 4 is 43.8 Å². The molecule has 0 aliphatic carbocycles. The molecule has 0 radical (unpaired) electrons. The third kappa shape index (κ3) is 6.29. The summed E-state index contributed by atoms with van der Waals surface area (Å²) in [7, 11) is -8.10. The van der Waals surface area contributed by atoms with Crippen LogP contribution in [0, 0.1) is 13.8 Å². The predicted octanol–water partition coefficient (Wildman–Crippen LogP) is 3.96. The lowest BCUT2D eigenvalue weighted by atomic mass is 10.2. The molecule has 43 heavy (non-hydrogen) atoms. The van der Waals surface area contributed by atoms with Crippen LogP contribution in [-0.2, 0) is 24.8 Å². The zero-order chi connectivity index (χ0) is 30.8. The number of halogens is 1. The Morgan fingerprint density at radius 2 is 1.44 bits per heavy atom. The number of aryl methyl sites for hydroxylation is 1. The number of hydrogen-bond acceptors (Lipinski definition) is 6. The van der Waals surface area contributed by atoms with Gasteiger partial charge in [0.1, 0.15) is 6.04 Å². The molecule has 1 N–H and O–H groups in total. The van der Waals surface area contributed by atoms with Gasteiger partial charge in [-0.05, 0) is 68.4 Å². The van der Waals surface area contributed by atoms with E-state index in [0.29, 0.717) is 5.02 Å². The van der Waals surface area contributed by atoms with Crippen LogP contribution in [0.3, 0.4) is 0 Å². The van der Waals surface area contributed by atoms with E-state index < -0.39 is 32.0 Å². The van der Waals surface area contributed by atoms with Crippen molar-refractivity contribution in [2.45, 2.75) is 29.7 Å². The number of piperazine rings is 1. The molecule has 4 aromatic rings. The molecule has 0 bridgehead atoms. The van der Waals surface area contributed by atoms with Gasteiger partial charge in [-0.2, -0.15) is 13.7 Å². The quantitative estimate of drug-likeness (QED) is 0.231. The van der Waals surface area contributed by atoms with Crippen LogP contribution in [0.4, 0.5) is 0 Å². The second kappa shape index (κ2) is 12.4. The third-order valence-electron chi connectivity index (χ3n) is 7.26. The zero-order valence-corrected chi connectivity index (χ0v) is 25.8. The fraction of sp³-hybridized carbons (Fsp3) is 0.200. The Bertz CT molecular complexity index is 1860. The van der Waals surface area contributed by atoms with Gasteiger partial charge >= 0.3 is 0 Å². The smallest absolute Gasteiger partial charge is 0.259 e. The fourth-order valence-electron chi connectivity index (χ4n) is 5.08. The monoisotopic (exact) mass is 639 g/mol. The summed E-state index contributed by atoms with van der Waals surface area (Å²) in [5.41, 5.74) is 5.89. The number of rotatable bonds is 8. The minimum atomic E-state index is -4.12. The van der Waals surface area contributed by atoms with Crippen LogP contribution in [0.5, 0.6) is 0 Å². The molecule has 0 spiro atoms. The van der Waals surface area contributed by atoms with Gasteiger partial charge in [0.25, 0.3) is 5.91 Å². The Morgan fingerprint density at radius 3 is 2.05 bits per heavy atom. The standard InChI is InChI=1S/C30H30ClN5O5S2/c1-22-19-24(23(2)36(22)26-15-13-25(31)14-16-26)20-32-33-30(37)29-21-34(42(38,39)27-9-5-3-6-10-27)17-18-35(29)43(40,41)28-11-7-4-8-12-28/h3-16,19-20,29H,17-18,21H2,1-2H3,(H,33,37)/b32-20-/t29-/m0/s1. The number of benzene rings is 3. The fourth-order valence-corrected chi connectivity index (χ4v) is 8.25. The molecule has 1 aliphatic rings. The van der Waals surface area contributed by atoms with Crippen LogP contribution >= 0.6 is 11.6 Å². The topological polar surface area (TPSA) is 121 Å². The maximum absolute atomic E-state index is 13.6. The summed E-state index contributed by atoms with van der Waals surface area (Å²) < 4.78 is 58.1. The number of sulfonamides is 2. The Morgan fingerprint density at radius 1 is 0.860 bits per heavy atom. The minimum absolute atomic E-state index is 0.00491.